The molecule has 0 aliphatic carbocycles. The normalized spacial score (nSPS) is 13.4. The molecular weight excluding hydrogens is 480 g/mol. The molecule has 13 heteroatoms. The number of ether oxygens (including phenoxy) is 3. The Morgan fingerprint density at radius 1 is 0.973 bits per heavy atom. The topological polar surface area (TPSA) is 169 Å². The number of aliphatic hydroxyl groups excluding tert-OH is 1. The van der Waals surface area contributed by atoms with E-state index in [0.29, 0.717) is 109 Å². The molecule has 37 heavy (non-hydrogen) atoms. The molecule has 0 saturated carbocycles. The lowest BCUT2D eigenvalue weighted by Gasteiger charge is -2.27. The van der Waals surface area contributed by atoms with E-state index in [1.807, 2.05) is 12.1 Å². The number of benzene rings is 1. The van der Waals surface area contributed by atoms with Crippen molar-refractivity contribution < 1.29 is 24.1 Å². The molecule has 3 rings (SSSR count). The van der Waals surface area contributed by atoms with Crippen molar-refractivity contribution in [3.63, 3.8) is 0 Å². The Morgan fingerprint density at radius 2 is 1.68 bits per heavy atom. The van der Waals surface area contributed by atoms with E-state index in [-0.39, 0.29) is 12.5 Å². The summed E-state index contributed by atoms with van der Waals surface area (Å²) in [5.41, 5.74) is 6.89. The summed E-state index contributed by atoms with van der Waals surface area (Å²) in [6, 6.07) is 7.33. The van der Waals surface area contributed by atoms with Crippen LogP contribution in [0.3, 0.4) is 0 Å². The van der Waals surface area contributed by atoms with Crippen LogP contribution in [0, 0.1) is 0 Å². The van der Waals surface area contributed by atoms with E-state index >= 15 is 0 Å². The molecule has 0 unspecified atom stereocenters. The molecule has 2 heterocycles. The largest absolute Gasteiger partial charge is 0.396 e. The van der Waals surface area contributed by atoms with Crippen LogP contribution in [0.15, 0.2) is 24.3 Å². The van der Waals surface area contributed by atoms with Crippen molar-refractivity contribution in [1.29, 1.82) is 0 Å². The van der Waals surface area contributed by atoms with Crippen molar-refractivity contribution in [2.75, 3.05) is 94.5 Å². The van der Waals surface area contributed by atoms with Gasteiger partial charge in [0.15, 0.2) is 0 Å². The number of morpholine rings is 1. The molecule has 1 fully saturated rings. The van der Waals surface area contributed by atoms with Crippen LogP contribution in [0.2, 0.25) is 0 Å². The van der Waals surface area contributed by atoms with Gasteiger partial charge in [0.05, 0.1) is 39.6 Å². The summed E-state index contributed by atoms with van der Waals surface area (Å²) in [5, 5.41) is 18.3. The van der Waals surface area contributed by atoms with E-state index in [0.717, 1.165) is 5.56 Å². The number of nitrogens with one attached hydrogen (secondary N) is 3. The summed E-state index contributed by atoms with van der Waals surface area (Å²) in [4.78, 5) is 28.0. The summed E-state index contributed by atoms with van der Waals surface area (Å²) >= 11 is 0. The molecule has 2 aromatic rings. The predicted molar refractivity (Wildman–Crippen MR) is 140 cm³/mol. The van der Waals surface area contributed by atoms with Gasteiger partial charge >= 0.3 is 0 Å². The van der Waals surface area contributed by atoms with Crippen LogP contribution in [-0.4, -0.2) is 105 Å². The van der Waals surface area contributed by atoms with Crippen LogP contribution in [0.5, 0.6) is 0 Å². The van der Waals surface area contributed by atoms with Crippen molar-refractivity contribution in [3.05, 3.63) is 35.4 Å². The van der Waals surface area contributed by atoms with E-state index in [9.17, 15) is 4.79 Å². The number of anilines is 3. The molecule has 1 aliphatic heterocycles. The summed E-state index contributed by atoms with van der Waals surface area (Å²) in [7, 11) is 0. The van der Waals surface area contributed by atoms with Crippen molar-refractivity contribution in [3.8, 4) is 0 Å². The van der Waals surface area contributed by atoms with E-state index < -0.39 is 0 Å². The molecule has 13 nitrogen and oxygen atoms in total. The first-order chi connectivity index (χ1) is 18.2. The Balaban J connectivity index is 1.48. The lowest BCUT2D eigenvalue weighted by molar-refractivity contribution is 0.0511. The minimum absolute atomic E-state index is 0.0896. The highest BCUT2D eigenvalue weighted by Crippen LogP contribution is 2.16. The molecule has 1 saturated heterocycles. The molecule has 6 N–H and O–H groups in total. The third-order valence-corrected chi connectivity index (χ3v) is 5.37. The quantitative estimate of drug-likeness (QED) is 0.176. The van der Waals surface area contributed by atoms with Gasteiger partial charge in [-0.2, -0.15) is 15.0 Å². The first-order valence-corrected chi connectivity index (χ1v) is 12.6. The fourth-order valence-electron chi connectivity index (χ4n) is 3.41. The summed E-state index contributed by atoms with van der Waals surface area (Å²) < 4.78 is 16.1. The fourth-order valence-corrected chi connectivity index (χ4v) is 3.41. The molecule has 1 aromatic carbocycles. The number of nitrogens with two attached hydrogens (primary N) is 1. The van der Waals surface area contributed by atoms with Crippen LogP contribution < -0.4 is 26.6 Å². The average molecular weight is 519 g/mol. The van der Waals surface area contributed by atoms with Crippen molar-refractivity contribution in [1.82, 2.24) is 20.3 Å². The van der Waals surface area contributed by atoms with Crippen molar-refractivity contribution in [2.45, 2.75) is 13.0 Å². The number of carbonyl (C=O) groups is 1. The maximum absolute atomic E-state index is 12.4. The number of amides is 1. The molecule has 0 radical (unpaired) electrons. The molecule has 1 aromatic heterocycles. The van der Waals surface area contributed by atoms with Gasteiger partial charge in [-0.15, -0.1) is 0 Å². The number of aromatic nitrogens is 3. The standard InChI is InChI=1S/C24H38N8O5/c25-6-12-35-16-17-36-13-8-26-21(34)20-4-2-19(3-5-20)18-28-23-29-22(27-7-1-11-33)30-24(31-23)32-9-14-37-15-10-32/h2-5,33H,1,6-18,25H2,(H,26,34)(H2,27,28,29,30,31). The summed E-state index contributed by atoms with van der Waals surface area (Å²) in [6.45, 7) is 6.57. The minimum Gasteiger partial charge on any atom is -0.396 e. The van der Waals surface area contributed by atoms with Crippen molar-refractivity contribution >= 4 is 23.8 Å². The van der Waals surface area contributed by atoms with Crippen molar-refractivity contribution in [2.24, 2.45) is 5.73 Å². The first kappa shape index (κ1) is 28.5. The number of hydrogen-bond acceptors (Lipinski definition) is 12. The van der Waals surface area contributed by atoms with Crippen LogP contribution in [0.1, 0.15) is 22.3 Å². The van der Waals surface area contributed by atoms with E-state index in [2.05, 4.69) is 35.8 Å². The third kappa shape index (κ3) is 10.4. The predicted octanol–water partition coefficient (Wildman–Crippen LogP) is -0.164. The van der Waals surface area contributed by atoms with E-state index in [1.165, 1.54) is 0 Å². The van der Waals surface area contributed by atoms with Gasteiger partial charge in [0, 0.05) is 51.4 Å². The van der Waals surface area contributed by atoms with Gasteiger partial charge in [0.25, 0.3) is 5.91 Å². The molecule has 0 atom stereocenters. The van der Waals surface area contributed by atoms with Crippen LogP contribution in [0.25, 0.3) is 0 Å². The summed E-state index contributed by atoms with van der Waals surface area (Å²) in [5.74, 6) is 1.31. The zero-order chi connectivity index (χ0) is 26.1. The third-order valence-electron chi connectivity index (χ3n) is 5.37. The molecule has 0 bridgehead atoms. The zero-order valence-electron chi connectivity index (χ0n) is 21.2. The second kappa shape index (κ2) is 16.6. The monoisotopic (exact) mass is 518 g/mol. The Bertz CT molecular complexity index is 928. The second-order valence-electron chi connectivity index (χ2n) is 8.21. The van der Waals surface area contributed by atoms with Crippen LogP contribution in [0.4, 0.5) is 17.8 Å². The number of nitrogens with zero attached hydrogens (tertiary/aromatic N) is 4. The van der Waals surface area contributed by atoms with Gasteiger partial charge in [-0.1, -0.05) is 12.1 Å². The molecule has 204 valence electrons. The number of carbonyl (C=O) groups excluding carboxylic acids is 1. The molecule has 1 aliphatic rings. The first-order valence-electron chi connectivity index (χ1n) is 12.6. The fraction of sp³-hybridized carbons (Fsp3) is 0.583. The van der Waals surface area contributed by atoms with Gasteiger partial charge in [-0.3, -0.25) is 4.79 Å². The minimum atomic E-state index is -0.159. The van der Waals surface area contributed by atoms with E-state index in [1.54, 1.807) is 12.1 Å². The number of hydrogen-bond donors (Lipinski definition) is 5. The lowest BCUT2D eigenvalue weighted by atomic mass is 10.1. The molecule has 1 amide bonds. The lowest BCUT2D eigenvalue weighted by Crippen LogP contribution is -2.37. The molecular formula is C24H38N8O5. The summed E-state index contributed by atoms with van der Waals surface area (Å²) in [6.07, 6.45) is 0.596. The number of rotatable bonds is 17. The highest BCUT2D eigenvalue weighted by atomic mass is 16.5. The van der Waals surface area contributed by atoms with Gasteiger partial charge in [0.2, 0.25) is 17.8 Å². The Morgan fingerprint density at radius 3 is 2.38 bits per heavy atom. The van der Waals surface area contributed by atoms with E-state index in [4.69, 9.17) is 25.1 Å². The van der Waals surface area contributed by atoms with Gasteiger partial charge in [0.1, 0.15) is 0 Å². The Kier molecular flexibility index (Phi) is 12.8. The number of aliphatic hydroxyl groups is 1. The zero-order valence-corrected chi connectivity index (χ0v) is 21.2. The SMILES string of the molecule is NCCOCCOCCNC(=O)c1ccc(CNc2nc(NCCCO)nc(N3CCOCC3)n2)cc1. The maximum Gasteiger partial charge on any atom is 0.251 e. The second-order valence-corrected chi connectivity index (χ2v) is 8.21. The highest BCUT2D eigenvalue weighted by molar-refractivity contribution is 5.94. The maximum atomic E-state index is 12.4. The molecule has 0 spiro atoms. The van der Waals surface area contributed by atoms with Gasteiger partial charge in [-0.05, 0) is 24.1 Å². The smallest absolute Gasteiger partial charge is 0.251 e. The van der Waals surface area contributed by atoms with Gasteiger partial charge < -0.3 is 45.9 Å². The Labute approximate surface area is 217 Å². The highest BCUT2D eigenvalue weighted by Gasteiger charge is 2.16. The van der Waals surface area contributed by atoms with Gasteiger partial charge in [-0.25, -0.2) is 0 Å². The van der Waals surface area contributed by atoms with Crippen LogP contribution in [-0.2, 0) is 20.8 Å². The average Bonchev–Trinajstić information content (AvgIpc) is 2.94. The Hall–Kier alpha value is -3.10. The van der Waals surface area contributed by atoms with Crippen LogP contribution >= 0.6 is 0 Å².